The number of nitriles is 1. The molecule has 0 amide bonds. The Labute approximate surface area is 204 Å². The minimum absolute atomic E-state index is 0.0336. The van der Waals surface area contributed by atoms with E-state index in [0.29, 0.717) is 17.9 Å². The molecule has 3 rings (SSSR count). The molecular weight excluding hydrogens is 478 g/mol. The maximum atomic E-state index is 13.1. The number of non-ortho nitro benzene ring substituents is 1. The van der Waals surface area contributed by atoms with Gasteiger partial charge in [0.1, 0.15) is 17.3 Å². The van der Waals surface area contributed by atoms with E-state index in [0.717, 1.165) is 16.2 Å². The fourth-order valence-electron chi connectivity index (χ4n) is 3.34. The van der Waals surface area contributed by atoms with Crippen molar-refractivity contribution in [3.63, 3.8) is 0 Å². The van der Waals surface area contributed by atoms with E-state index in [2.05, 4.69) is 10.2 Å². The van der Waals surface area contributed by atoms with Crippen LogP contribution in [0.1, 0.15) is 16.7 Å². The van der Waals surface area contributed by atoms with Crippen LogP contribution in [0.25, 0.3) is 0 Å². The van der Waals surface area contributed by atoms with Gasteiger partial charge in [0.15, 0.2) is 17.2 Å². The van der Waals surface area contributed by atoms with Crippen molar-refractivity contribution in [1.82, 2.24) is 4.57 Å². The Kier molecular flexibility index (Phi) is 7.68. The number of aryl methyl sites for hydroxylation is 1. The lowest BCUT2D eigenvalue weighted by Gasteiger charge is -2.14. The average molecular weight is 498 g/mol. The summed E-state index contributed by atoms with van der Waals surface area (Å²) in [7, 11) is 3.02. The summed E-state index contributed by atoms with van der Waals surface area (Å²) in [6.45, 7) is 1.50. The van der Waals surface area contributed by atoms with Crippen molar-refractivity contribution in [2.75, 3.05) is 14.2 Å². The molecule has 35 heavy (non-hydrogen) atoms. The van der Waals surface area contributed by atoms with E-state index in [-0.39, 0.29) is 39.8 Å². The molecule has 1 heterocycles. The van der Waals surface area contributed by atoms with Gasteiger partial charge in [0.25, 0.3) is 11.2 Å². The highest BCUT2D eigenvalue weighted by Gasteiger charge is 2.20. The van der Waals surface area contributed by atoms with E-state index in [9.17, 15) is 25.3 Å². The van der Waals surface area contributed by atoms with Crippen molar-refractivity contribution in [2.45, 2.75) is 19.9 Å². The van der Waals surface area contributed by atoms with E-state index >= 15 is 0 Å². The van der Waals surface area contributed by atoms with Crippen molar-refractivity contribution in [3.05, 3.63) is 78.6 Å². The first kappa shape index (κ1) is 25.2. The molecule has 1 aromatic heterocycles. The zero-order valence-corrected chi connectivity index (χ0v) is 19.7. The number of hydrogen-bond donors (Lipinski definition) is 1. The molecule has 12 heteroatoms. The van der Waals surface area contributed by atoms with Crippen LogP contribution >= 0.6 is 11.6 Å². The topological polar surface area (TPSA) is 152 Å². The fraction of sp³-hybridized carbons (Fsp3) is 0.217. The molecule has 0 aliphatic rings. The van der Waals surface area contributed by atoms with Gasteiger partial charge in [-0.2, -0.15) is 5.26 Å². The smallest absolute Gasteiger partial charge is 0.281 e. The first-order chi connectivity index (χ1) is 16.7. The molecule has 0 unspecified atom stereocenters. The van der Waals surface area contributed by atoms with Gasteiger partial charge in [-0.1, -0.05) is 17.7 Å². The second-order valence-corrected chi connectivity index (χ2v) is 7.68. The van der Waals surface area contributed by atoms with E-state index in [1.54, 1.807) is 18.2 Å². The molecule has 0 fully saturated rings. The highest BCUT2D eigenvalue weighted by atomic mass is 35.5. The second-order valence-electron chi connectivity index (χ2n) is 7.27. The van der Waals surface area contributed by atoms with Crippen LogP contribution in [0.3, 0.4) is 0 Å². The number of ether oxygens (including phenoxy) is 2. The Morgan fingerprint density at radius 3 is 2.49 bits per heavy atom. The third kappa shape index (κ3) is 5.23. The van der Waals surface area contributed by atoms with Gasteiger partial charge in [-0.05, 0) is 37.1 Å². The number of azo groups is 1. The van der Waals surface area contributed by atoms with Crippen LogP contribution in [0.5, 0.6) is 17.4 Å². The molecule has 180 valence electrons. The normalized spacial score (nSPS) is 10.8. The zero-order valence-electron chi connectivity index (χ0n) is 19.0. The van der Waals surface area contributed by atoms with Crippen LogP contribution in [-0.2, 0) is 13.0 Å². The third-order valence-corrected chi connectivity index (χ3v) is 5.54. The predicted octanol–water partition coefficient (Wildman–Crippen LogP) is 4.97. The summed E-state index contributed by atoms with van der Waals surface area (Å²) in [5.74, 6) is 0.575. The van der Waals surface area contributed by atoms with Crippen molar-refractivity contribution in [2.24, 2.45) is 10.2 Å². The zero-order chi connectivity index (χ0) is 25.7. The molecule has 11 nitrogen and oxygen atoms in total. The fourth-order valence-corrected chi connectivity index (χ4v) is 3.55. The number of halogens is 1. The van der Waals surface area contributed by atoms with Gasteiger partial charge in [0.05, 0.1) is 24.2 Å². The Morgan fingerprint density at radius 1 is 1.17 bits per heavy atom. The number of rotatable bonds is 8. The molecule has 0 aliphatic heterocycles. The summed E-state index contributed by atoms with van der Waals surface area (Å²) in [6.07, 6.45) is 0.326. The van der Waals surface area contributed by atoms with Crippen LogP contribution in [0, 0.1) is 28.4 Å². The van der Waals surface area contributed by atoms with E-state index in [1.807, 2.05) is 6.07 Å². The highest BCUT2D eigenvalue weighted by molar-refractivity contribution is 6.33. The van der Waals surface area contributed by atoms with Gasteiger partial charge < -0.3 is 14.6 Å². The van der Waals surface area contributed by atoms with Crippen molar-refractivity contribution < 1.29 is 19.5 Å². The summed E-state index contributed by atoms with van der Waals surface area (Å²) in [4.78, 5) is 23.4. The van der Waals surface area contributed by atoms with Crippen LogP contribution in [0.4, 0.5) is 17.1 Å². The van der Waals surface area contributed by atoms with Crippen LogP contribution in [0.15, 0.2) is 51.4 Å². The molecule has 0 bridgehead atoms. The van der Waals surface area contributed by atoms with Crippen LogP contribution in [-0.4, -0.2) is 28.8 Å². The van der Waals surface area contributed by atoms with E-state index < -0.39 is 16.4 Å². The van der Waals surface area contributed by atoms with Gasteiger partial charge in [0.2, 0.25) is 5.88 Å². The van der Waals surface area contributed by atoms with Crippen LogP contribution in [0.2, 0.25) is 5.02 Å². The number of aromatic nitrogens is 1. The Morgan fingerprint density at radius 2 is 1.89 bits per heavy atom. The van der Waals surface area contributed by atoms with Crippen molar-refractivity contribution >= 4 is 28.7 Å². The number of nitro groups is 1. The lowest BCUT2D eigenvalue weighted by atomic mass is 10.1. The first-order valence-corrected chi connectivity index (χ1v) is 10.5. The molecule has 0 saturated carbocycles. The maximum absolute atomic E-state index is 13.1. The van der Waals surface area contributed by atoms with E-state index in [1.165, 1.54) is 33.3 Å². The first-order valence-electron chi connectivity index (χ1n) is 10.1. The molecular formula is C23H20ClN5O6. The summed E-state index contributed by atoms with van der Waals surface area (Å²) >= 11 is 6.05. The SMILES string of the molecule is COc1ccc(CCn2c(O)c(C#N)c(C)c(N=Nc3ccc([N+](=O)[O-])cc3Cl)c2=O)cc1OC. The summed E-state index contributed by atoms with van der Waals surface area (Å²) in [5, 5.41) is 38.9. The number of nitro benzene ring substituents is 1. The molecule has 3 aromatic rings. The van der Waals surface area contributed by atoms with Gasteiger partial charge in [-0.15, -0.1) is 10.2 Å². The molecule has 0 aliphatic carbocycles. The molecule has 0 atom stereocenters. The van der Waals surface area contributed by atoms with Crippen molar-refractivity contribution in [1.29, 1.82) is 5.26 Å². The Bertz CT molecular complexity index is 1430. The van der Waals surface area contributed by atoms with Gasteiger partial charge in [0, 0.05) is 24.2 Å². The summed E-state index contributed by atoms with van der Waals surface area (Å²) in [5.41, 5.74) is -0.144. The minimum atomic E-state index is -0.665. The number of pyridine rings is 1. The van der Waals surface area contributed by atoms with Crippen molar-refractivity contribution in [3.8, 4) is 23.4 Å². The van der Waals surface area contributed by atoms with Crippen LogP contribution < -0.4 is 15.0 Å². The molecule has 2 aromatic carbocycles. The lowest BCUT2D eigenvalue weighted by molar-refractivity contribution is -0.384. The summed E-state index contributed by atoms with van der Waals surface area (Å²) in [6, 6.07) is 10.8. The Balaban J connectivity index is 1.99. The largest absolute Gasteiger partial charge is 0.493 e. The summed E-state index contributed by atoms with van der Waals surface area (Å²) < 4.78 is 11.5. The molecule has 0 saturated heterocycles. The maximum Gasteiger partial charge on any atom is 0.281 e. The number of aromatic hydroxyl groups is 1. The number of methoxy groups -OCH3 is 2. The number of hydrogen-bond acceptors (Lipinski definition) is 9. The van der Waals surface area contributed by atoms with Gasteiger partial charge in [-0.3, -0.25) is 19.5 Å². The molecule has 1 N–H and O–H groups in total. The Hall–Kier alpha value is -4.43. The quantitative estimate of drug-likeness (QED) is 0.262. The monoisotopic (exact) mass is 497 g/mol. The average Bonchev–Trinajstić information content (AvgIpc) is 2.84. The number of nitrogens with zero attached hydrogens (tertiary/aromatic N) is 5. The number of benzene rings is 2. The van der Waals surface area contributed by atoms with Gasteiger partial charge in [-0.25, -0.2) is 0 Å². The predicted molar refractivity (Wildman–Crippen MR) is 127 cm³/mol. The second kappa shape index (κ2) is 10.7. The van der Waals surface area contributed by atoms with E-state index in [4.69, 9.17) is 21.1 Å². The molecule has 0 radical (unpaired) electrons. The lowest BCUT2D eigenvalue weighted by Crippen LogP contribution is -2.23. The minimum Gasteiger partial charge on any atom is -0.493 e. The van der Waals surface area contributed by atoms with Gasteiger partial charge >= 0.3 is 0 Å². The molecule has 0 spiro atoms. The standard InChI is InChI=1S/C23H20ClN5O6/c1-13-16(12-25)22(30)28(9-8-14-4-7-19(34-2)20(10-14)35-3)23(31)21(13)27-26-18-6-5-15(29(32)33)11-17(18)24/h4-7,10-11,30H,8-9H2,1-3H3. The highest BCUT2D eigenvalue weighted by Crippen LogP contribution is 2.32. The third-order valence-electron chi connectivity index (χ3n) is 5.24.